The molecule has 0 radical (unpaired) electrons. The largest absolute Gasteiger partial charge is 0.383 e. The number of hydrogen-bond donors (Lipinski definition) is 1. The molecule has 1 aromatic carbocycles. The smallest absolute Gasteiger partial charge is 0.240 e. The highest BCUT2D eigenvalue weighted by Gasteiger charge is 2.19. The molecule has 0 spiro atoms. The first-order valence-electron chi connectivity index (χ1n) is 5.63. The number of aryl methyl sites for hydroxylation is 1. The van der Waals surface area contributed by atoms with Crippen LogP contribution in [-0.2, 0) is 14.8 Å². The molecule has 1 N–H and O–H groups in total. The van der Waals surface area contributed by atoms with Crippen LogP contribution in [0.1, 0.15) is 12.0 Å². The lowest BCUT2D eigenvalue weighted by Crippen LogP contribution is -2.38. The van der Waals surface area contributed by atoms with Crippen molar-refractivity contribution in [1.29, 1.82) is 0 Å². The van der Waals surface area contributed by atoms with Crippen molar-refractivity contribution in [1.82, 2.24) is 4.72 Å². The third-order valence-corrected chi connectivity index (χ3v) is 4.47. The highest BCUT2D eigenvalue weighted by atomic mass is 79.9. The number of halogens is 1. The molecule has 102 valence electrons. The van der Waals surface area contributed by atoms with Gasteiger partial charge in [0.25, 0.3) is 0 Å². The van der Waals surface area contributed by atoms with Gasteiger partial charge in [0.05, 0.1) is 11.5 Å². The number of ether oxygens (including phenoxy) is 1. The molecule has 0 aromatic heterocycles. The van der Waals surface area contributed by atoms with Gasteiger partial charge >= 0.3 is 0 Å². The third-order valence-electron chi connectivity index (χ3n) is 2.48. The van der Waals surface area contributed by atoms with Crippen LogP contribution < -0.4 is 4.72 Å². The van der Waals surface area contributed by atoms with Gasteiger partial charge in [0, 0.05) is 18.5 Å². The number of sulfonamides is 1. The van der Waals surface area contributed by atoms with Gasteiger partial charge in [-0.25, -0.2) is 13.1 Å². The quantitative estimate of drug-likeness (QED) is 0.776. The molecule has 1 rings (SSSR count). The summed E-state index contributed by atoms with van der Waals surface area (Å²) in [5.41, 5.74) is 1.03. The lowest BCUT2D eigenvalue weighted by Gasteiger charge is -2.17. The molecule has 0 aliphatic rings. The molecule has 18 heavy (non-hydrogen) atoms. The fraction of sp³-hybridized carbons (Fsp3) is 0.500. The second-order valence-corrected chi connectivity index (χ2v) is 6.57. The van der Waals surface area contributed by atoms with Crippen LogP contribution in [0.25, 0.3) is 0 Å². The van der Waals surface area contributed by atoms with Crippen molar-refractivity contribution in [3.63, 3.8) is 0 Å². The maximum absolute atomic E-state index is 12.1. The minimum atomic E-state index is -3.47. The van der Waals surface area contributed by atoms with E-state index >= 15 is 0 Å². The first-order chi connectivity index (χ1) is 8.49. The maximum Gasteiger partial charge on any atom is 0.240 e. The second kappa shape index (κ2) is 7.23. The van der Waals surface area contributed by atoms with Gasteiger partial charge in [0.1, 0.15) is 0 Å². The molecule has 0 saturated heterocycles. The molecule has 0 saturated carbocycles. The predicted octanol–water partition coefficient (Wildman–Crippen LogP) is 2.07. The Labute approximate surface area is 117 Å². The van der Waals surface area contributed by atoms with E-state index < -0.39 is 10.0 Å². The van der Waals surface area contributed by atoms with Crippen molar-refractivity contribution in [2.45, 2.75) is 24.3 Å². The molecule has 0 fully saturated rings. The van der Waals surface area contributed by atoms with Crippen molar-refractivity contribution in [3.8, 4) is 0 Å². The Balaban J connectivity index is 2.82. The summed E-state index contributed by atoms with van der Waals surface area (Å²) in [6.45, 7) is 2.28. The Morgan fingerprint density at radius 1 is 1.33 bits per heavy atom. The van der Waals surface area contributed by atoms with E-state index in [1.807, 2.05) is 6.92 Å². The van der Waals surface area contributed by atoms with E-state index in [2.05, 4.69) is 20.7 Å². The Morgan fingerprint density at radius 2 is 1.94 bits per heavy atom. The van der Waals surface area contributed by atoms with Gasteiger partial charge in [0.15, 0.2) is 0 Å². The summed E-state index contributed by atoms with van der Waals surface area (Å²) in [6, 6.07) is 6.56. The first-order valence-corrected chi connectivity index (χ1v) is 8.24. The highest BCUT2D eigenvalue weighted by Crippen LogP contribution is 2.11. The van der Waals surface area contributed by atoms with Crippen LogP contribution in [0.2, 0.25) is 0 Å². The summed E-state index contributed by atoms with van der Waals surface area (Å²) < 4.78 is 31.9. The number of methoxy groups -OCH3 is 1. The molecule has 1 aromatic rings. The van der Waals surface area contributed by atoms with Crippen LogP contribution >= 0.6 is 15.9 Å². The van der Waals surface area contributed by atoms with Crippen molar-refractivity contribution in [2.75, 3.05) is 19.0 Å². The standard InChI is InChI=1S/C12H18BrNO3S/c1-10-3-5-12(6-4-10)18(15,16)14-11(7-8-13)9-17-2/h3-6,11,14H,7-9H2,1-2H3. The Bertz CT molecular complexity index is 453. The van der Waals surface area contributed by atoms with Gasteiger partial charge in [-0.3, -0.25) is 0 Å². The predicted molar refractivity (Wildman–Crippen MR) is 75.6 cm³/mol. The average molecular weight is 336 g/mol. The zero-order valence-corrected chi connectivity index (χ0v) is 12.9. The van der Waals surface area contributed by atoms with Crippen LogP contribution in [-0.4, -0.2) is 33.5 Å². The molecular formula is C12H18BrNO3S. The summed E-state index contributed by atoms with van der Waals surface area (Å²) in [4.78, 5) is 0.281. The third kappa shape index (κ3) is 4.68. The summed E-state index contributed by atoms with van der Waals surface area (Å²) in [7, 11) is -1.91. The van der Waals surface area contributed by atoms with Crippen molar-refractivity contribution >= 4 is 26.0 Å². The van der Waals surface area contributed by atoms with Gasteiger partial charge in [-0.2, -0.15) is 0 Å². The van der Waals surface area contributed by atoms with Gasteiger partial charge in [0.2, 0.25) is 10.0 Å². The molecule has 1 unspecified atom stereocenters. The lowest BCUT2D eigenvalue weighted by atomic mass is 10.2. The van der Waals surface area contributed by atoms with Gasteiger partial charge in [-0.05, 0) is 25.5 Å². The van der Waals surface area contributed by atoms with E-state index in [-0.39, 0.29) is 10.9 Å². The lowest BCUT2D eigenvalue weighted by molar-refractivity contribution is 0.173. The van der Waals surface area contributed by atoms with E-state index in [4.69, 9.17) is 4.74 Å². The number of nitrogens with one attached hydrogen (secondary N) is 1. The Kier molecular flexibility index (Phi) is 6.28. The van der Waals surface area contributed by atoms with E-state index in [9.17, 15) is 8.42 Å². The topological polar surface area (TPSA) is 55.4 Å². The summed E-state index contributed by atoms with van der Waals surface area (Å²) in [6.07, 6.45) is 0.679. The fourth-order valence-corrected chi connectivity index (χ4v) is 3.32. The maximum atomic E-state index is 12.1. The summed E-state index contributed by atoms with van der Waals surface area (Å²) >= 11 is 3.30. The van der Waals surface area contributed by atoms with Crippen molar-refractivity contribution < 1.29 is 13.2 Å². The highest BCUT2D eigenvalue weighted by molar-refractivity contribution is 9.09. The normalized spacial score (nSPS) is 13.5. The number of rotatable bonds is 7. The minimum Gasteiger partial charge on any atom is -0.383 e. The number of alkyl halides is 1. The van der Waals surface area contributed by atoms with E-state index in [0.29, 0.717) is 13.0 Å². The summed E-state index contributed by atoms with van der Waals surface area (Å²) in [5, 5.41) is 0.720. The van der Waals surface area contributed by atoms with Crippen molar-refractivity contribution in [2.24, 2.45) is 0 Å². The average Bonchev–Trinajstić information content (AvgIpc) is 2.29. The van der Waals surface area contributed by atoms with Crippen molar-refractivity contribution in [3.05, 3.63) is 29.8 Å². The zero-order chi connectivity index (χ0) is 13.6. The summed E-state index contributed by atoms with van der Waals surface area (Å²) in [5.74, 6) is 0. The monoisotopic (exact) mass is 335 g/mol. The molecule has 0 heterocycles. The second-order valence-electron chi connectivity index (χ2n) is 4.06. The van der Waals surface area contributed by atoms with Gasteiger partial charge in [-0.15, -0.1) is 0 Å². The molecule has 0 aliphatic heterocycles. The number of benzene rings is 1. The van der Waals surface area contributed by atoms with E-state index in [0.717, 1.165) is 10.9 Å². The van der Waals surface area contributed by atoms with Gasteiger partial charge < -0.3 is 4.74 Å². The van der Waals surface area contributed by atoms with E-state index in [1.165, 1.54) is 0 Å². The fourth-order valence-electron chi connectivity index (χ4n) is 1.51. The molecular weight excluding hydrogens is 318 g/mol. The van der Waals surface area contributed by atoms with Gasteiger partial charge in [-0.1, -0.05) is 33.6 Å². The molecule has 6 heteroatoms. The minimum absolute atomic E-state index is 0.222. The van der Waals surface area contributed by atoms with Crippen LogP contribution in [0.4, 0.5) is 0 Å². The first kappa shape index (κ1) is 15.6. The number of hydrogen-bond acceptors (Lipinski definition) is 3. The Morgan fingerprint density at radius 3 is 2.44 bits per heavy atom. The van der Waals surface area contributed by atoms with Crippen LogP contribution in [0.5, 0.6) is 0 Å². The Hall–Kier alpha value is -0.430. The molecule has 0 aliphatic carbocycles. The zero-order valence-electron chi connectivity index (χ0n) is 10.5. The molecule has 4 nitrogen and oxygen atoms in total. The van der Waals surface area contributed by atoms with E-state index in [1.54, 1.807) is 31.4 Å². The van der Waals surface area contributed by atoms with Crippen LogP contribution in [0, 0.1) is 6.92 Å². The SMILES string of the molecule is COCC(CCBr)NS(=O)(=O)c1ccc(C)cc1. The van der Waals surface area contributed by atoms with Crippen LogP contribution in [0.3, 0.4) is 0 Å². The molecule has 1 atom stereocenters. The molecule has 0 amide bonds. The van der Waals surface area contributed by atoms with Crippen LogP contribution in [0.15, 0.2) is 29.2 Å². The molecule has 0 bridgehead atoms.